The molecule has 16 heavy (non-hydrogen) atoms. The minimum absolute atomic E-state index is 0.126. The Morgan fingerprint density at radius 1 is 1.38 bits per heavy atom. The van der Waals surface area contributed by atoms with Crippen molar-refractivity contribution < 1.29 is 14.7 Å². The molecule has 5 heteroatoms. The van der Waals surface area contributed by atoms with Crippen LogP contribution >= 0.6 is 0 Å². The van der Waals surface area contributed by atoms with Gasteiger partial charge in [0.2, 0.25) is 5.91 Å². The molecule has 0 spiro atoms. The predicted octanol–water partition coefficient (Wildman–Crippen LogP) is 0.132. The first-order valence-electron chi connectivity index (χ1n) is 5.36. The van der Waals surface area contributed by atoms with Gasteiger partial charge in [0, 0.05) is 18.7 Å². The monoisotopic (exact) mass is 226 g/mol. The Kier molecular flexibility index (Phi) is 4.06. The Morgan fingerprint density at radius 2 is 1.94 bits per heavy atom. The lowest BCUT2D eigenvalue weighted by molar-refractivity contribution is -0.142. The maximum Gasteiger partial charge on any atom is 0.326 e. The van der Waals surface area contributed by atoms with Crippen LogP contribution < -0.4 is 10.6 Å². The summed E-state index contributed by atoms with van der Waals surface area (Å²) in [6.07, 6.45) is 0. The molecule has 1 rings (SSSR count). The van der Waals surface area contributed by atoms with Gasteiger partial charge in [-0.15, -0.1) is 0 Å². The fourth-order valence-electron chi connectivity index (χ4n) is 1.44. The van der Waals surface area contributed by atoms with Gasteiger partial charge in [-0.25, -0.2) is 4.79 Å². The van der Waals surface area contributed by atoms with E-state index in [0.717, 1.165) is 18.7 Å². The minimum Gasteiger partial charge on any atom is -0.480 e. The average Bonchev–Trinajstić information content (AvgIpc) is 2.09. The smallest absolute Gasteiger partial charge is 0.326 e. The molecule has 90 valence electrons. The highest BCUT2D eigenvalue weighted by molar-refractivity contribution is 5.96. The number of carboxylic acid groups (broad SMARTS) is 1. The Balaban J connectivity index is 2.65. The van der Waals surface area contributed by atoms with Gasteiger partial charge in [-0.3, -0.25) is 4.79 Å². The fraction of sp³-hybridized carbons (Fsp3) is 0.636. The molecule has 3 N–H and O–H groups in total. The molecule has 1 heterocycles. The van der Waals surface area contributed by atoms with Crippen LogP contribution in [0.5, 0.6) is 0 Å². The van der Waals surface area contributed by atoms with E-state index in [-0.39, 0.29) is 11.8 Å². The summed E-state index contributed by atoms with van der Waals surface area (Å²) in [5.74, 6) is -1.40. The Morgan fingerprint density at radius 3 is 2.25 bits per heavy atom. The van der Waals surface area contributed by atoms with Gasteiger partial charge < -0.3 is 15.7 Å². The molecule has 0 aromatic rings. The van der Waals surface area contributed by atoms with Gasteiger partial charge in [-0.05, 0) is 18.4 Å². The summed E-state index contributed by atoms with van der Waals surface area (Å²) in [6.45, 7) is 6.71. The third kappa shape index (κ3) is 2.82. The van der Waals surface area contributed by atoms with Crippen LogP contribution in [0.15, 0.2) is 11.1 Å². The first-order chi connectivity index (χ1) is 7.43. The largest absolute Gasteiger partial charge is 0.480 e. The van der Waals surface area contributed by atoms with E-state index in [0.29, 0.717) is 5.57 Å². The SMILES string of the molecule is CC(C(=O)N[C@@H](C(=O)O)C(C)C)=C1CNC1. The number of amides is 1. The molecule has 5 nitrogen and oxygen atoms in total. The zero-order valence-corrected chi connectivity index (χ0v) is 9.83. The van der Waals surface area contributed by atoms with E-state index in [4.69, 9.17) is 5.11 Å². The van der Waals surface area contributed by atoms with Crippen molar-refractivity contribution in [3.8, 4) is 0 Å². The second-order valence-electron chi connectivity index (χ2n) is 4.37. The van der Waals surface area contributed by atoms with Crippen molar-refractivity contribution in [1.29, 1.82) is 0 Å². The normalized spacial score (nSPS) is 16.6. The van der Waals surface area contributed by atoms with Crippen LogP contribution in [0.2, 0.25) is 0 Å². The van der Waals surface area contributed by atoms with Crippen LogP contribution in [0.3, 0.4) is 0 Å². The number of rotatable bonds is 4. The van der Waals surface area contributed by atoms with Gasteiger partial charge in [0.25, 0.3) is 0 Å². The summed E-state index contributed by atoms with van der Waals surface area (Å²) in [5, 5.41) is 14.5. The zero-order valence-electron chi connectivity index (χ0n) is 9.83. The molecular formula is C11H18N2O3. The molecule has 1 fully saturated rings. The number of carbonyl (C=O) groups excluding carboxylic acids is 1. The Hall–Kier alpha value is -1.36. The standard InChI is InChI=1S/C11H18N2O3/c1-6(2)9(11(15)16)13-10(14)7(3)8-4-12-5-8/h6,9,12H,4-5H2,1-3H3,(H,13,14)(H,15,16)/t9-/m1/s1. The molecule has 1 aliphatic rings. The van der Waals surface area contributed by atoms with Crippen molar-refractivity contribution in [2.24, 2.45) is 5.92 Å². The van der Waals surface area contributed by atoms with Gasteiger partial charge >= 0.3 is 5.97 Å². The molecule has 0 saturated carbocycles. The highest BCUT2D eigenvalue weighted by atomic mass is 16.4. The lowest BCUT2D eigenvalue weighted by Crippen LogP contribution is -2.46. The Labute approximate surface area is 94.9 Å². The maximum absolute atomic E-state index is 11.7. The number of carboxylic acids is 1. The summed E-state index contributed by atoms with van der Waals surface area (Å²) in [6, 6.07) is -0.823. The van der Waals surface area contributed by atoms with Crippen LogP contribution in [0, 0.1) is 5.92 Å². The second-order valence-corrected chi connectivity index (χ2v) is 4.37. The van der Waals surface area contributed by atoms with Crippen LogP contribution in [0.1, 0.15) is 20.8 Å². The van der Waals surface area contributed by atoms with Gasteiger partial charge in [0.15, 0.2) is 0 Å². The topological polar surface area (TPSA) is 78.4 Å². The van der Waals surface area contributed by atoms with Crippen molar-refractivity contribution in [2.75, 3.05) is 13.1 Å². The summed E-state index contributed by atoms with van der Waals surface area (Å²) in [5.41, 5.74) is 1.68. The lowest BCUT2D eigenvalue weighted by atomic mass is 10.0. The first-order valence-corrected chi connectivity index (χ1v) is 5.36. The van der Waals surface area contributed by atoms with Gasteiger partial charge in [-0.1, -0.05) is 13.8 Å². The molecule has 1 atom stereocenters. The molecule has 0 aliphatic carbocycles. The molecule has 0 aromatic heterocycles. The summed E-state index contributed by atoms with van der Waals surface area (Å²) in [4.78, 5) is 22.6. The van der Waals surface area contributed by atoms with Crippen molar-refractivity contribution in [2.45, 2.75) is 26.8 Å². The number of hydrogen-bond acceptors (Lipinski definition) is 3. The number of nitrogens with one attached hydrogen (secondary N) is 2. The minimum atomic E-state index is -0.993. The van der Waals surface area contributed by atoms with E-state index >= 15 is 0 Å². The maximum atomic E-state index is 11.7. The molecule has 1 aliphatic heterocycles. The summed E-state index contributed by atoms with van der Waals surface area (Å²) in [7, 11) is 0. The highest BCUT2D eigenvalue weighted by Crippen LogP contribution is 2.10. The quantitative estimate of drug-likeness (QED) is 0.595. The first kappa shape index (κ1) is 12.7. The second kappa shape index (κ2) is 5.12. The third-order valence-corrected chi connectivity index (χ3v) is 2.77. The van der Waals surface area contributed by atoms with Crippen LogP contribution in [0.4, 0.5) is 0 Å². The van der Waals surface area contributed by atoms with Crippen LogP contribution in [-0.4, -0.2) is 36.1 Å². The highest BCUT2D eigenvalue weighted by Gasteiger charge is 2.25. The molecule has 0 unspecified atom stereocenters. The summed E-state index contributed by atoms with van der Waals surface area (Å²) < 4.78 is 0. The number of aliphatic carboxylic acids is 1. The van der Waals surface area contributed by atoms with E-state index in [1.165, 1.54) is 0 Å². The Bertz CT molecular complexity index is 328. The van der Waals surface area contributed by atoms with Crippen molar-refractivity contribution in [3.63, 3.8) is 0 Å². The third-order valence-electron chi connectivity index (χ3n) is 2.77. The zero-order chi connectivity index (χ0) is 12.3. The number of carbonyl (C=O) groups is 2. The van der Waals surface area contributed by atoms with Crippen LogP contribution in [-0.2, 0) is 9.59 Å². The van der Waals surface area contributed by atoms with E-state index < -0.39 is 12.0 Å². The molecule has 1 amide bonds. The van der Waals surface area contributed by atoms with E-state index in [1.807, 2.05) is 0 Å². The lowest BCUT2D eigenvalue weighted by Gasteiger charge is -2.23. The number of hydrogen-bond donors (Lipinski definition) is 3. The molecular weight excluding hydrogens is 208 g/mol. The fourth-order valence-corrected chi connectivity index (χ4v) is 1.44. The van der Waals surface area contributed by atoms with Crippen LogP contribution in [0.25, 0.3) is 0 Å². The van der Waals surface area contributed by atoms with E-state index in [1.54, 1.807) is 20.8 Å². The van der Waals surface area contributed by atoms with E-state index in [9.17, 15) is 9.59 Å². The van der Waals surface area contributed by atoms with Gasteiger partial charge in [0.1, 0.15) is 6.04 Å². The molecule has 0 radical (unpaired) electrons. The summed E-state index contributed by atoms with van der Waals surface area (Å²) >= 11 is 0. The molecule has 1 saturated heterocycles. The average molecular weight is 226 g/mol. The molecule has 0 bridgehead atoms. The van der Waals surface area contributed by atoms with Crippen molar-refractivity contribution in [3.05, 3.63) is 11.1 Å². The van der Waals surface area contributed by atoms with Gasteiger partial charge in [0.05, 0.1) is 0 Å². The van der Waals surface area contributed by atoms with Gasteiger partial charge in [-0.2, -0.15) is 0 Å². The predicted molar refractivity (Wildman–Crippen MR) is 60.0 cm³/mol. The van der Waals surface area contributed by atoms with E-state index in [2.05, 4.69) is 10.6 Å². The van der Waals surface area contributed by atoms with Crippen molar-refractivity contribution in [1.82, 2.24) is 10.6 Å². The van der Waals surface area contributed by atoms with Crippen molar-refractivity contribution >= 4 is 11.9 Å². The molecule has 0 aromatic carbocycles.